The lowest BCUT2D eigenvalue weighted by Crippen LogP contribution is -2.61. The number of fused-ring (bicyclic) bond motifs is 2. The third-order valence-corrected chi connectivity index (χ3v) is 8.70. The molecule has 4 saturated carbocycles. The molecular weight excluding hydrogens is 314 g/mol. The standard InChI is InChI=1S/C21H31NO3/c1-19-7-8-21(12-19)15(10-17(19)25-13-24-3)9-16(23)18-14(11-22)5-4-6-20(18,21)2/h14-15,17-18H,4-10,12-13H2,1-3H3/t14-,15+,17+,18-,19+,20+,21+/m1/s1. The summed E-state index contributed by atoms with van der Waals surface area (Å²) in [5.74, 6) is 0.652. The van der Waals surface area contributed by atoms with Gasteiger partial charge in [0, 0.05) is 19.4 Å². The van der Waals surface area contributed by atoms with Crippen LogP contribution in [0, 0.1) is 45.3 Å². The first-order valence-corrected chi connectivity index (χ1v) is 9.93. The van der Waals surface area contributed by atoms with E-state index in [1.165, 1.54) is 12.8 Å². The quantitative estimate of drug-likeness (QED) is 0.723. The number of carbonyl (C=O) groups is 1. The smallest absolute Gasteiger partial charge is 0.146 e. The lowest BCUT2D eigenvalue weighted by Gasteiger charge is -2.63. The van der Waals surface area contributed by atoms with Crippen LogP contribution in [0.5, 0.6) is 0 Å². The first kappa shape index (κ1) is 17.5. The molecule has 0 aliphatic heterocycles. The molecule has 0 aromatic rings. The molecule has 2 bridgehead atoms. The summed E-state index contributed by atoms with van der Waals surface area (Å²) in [6.45, 7) is 5.06. The third kappa shape index (κ3) is 2.21. The van der Waals surface area contributed by atoms with E-state index in [0.29, 0.717) is 24.9 Å². The Labute approximate surface area is 151 Å². The Morgan fingerprint density at radius 2 is 2.08 bits per heavy atom. The molecular formula is C21H31NO3. The van der Waals surface area contributed by atoms with Gasteiger partial charge >= 0.3 is 0 Å². The first-order chi connectivity index (χ1) is 11.9. The van der Waals surface area contributed by atoms with Crippen LogP contribution in [0.2, 0.25) is 0 Å². The fraction of sp³-hybridized carbons (Fsp3) is 0.905. The molecule has 4 aliphatic rings. The van der Waals surface area contributed by atoms with Crippen LogP contribution in [0.25, 0.3) is 0 Å². The molecule has 138 valence electrons. The van der Waals surface area contributed by atoms with Crippen LogP contribution in [0.4, 0.5) is 0 Å². The normalized spacial score (nSPS) is 51.5. The van der Waals surface area contributed by atoms with Crippen LogP contribution in [-0.2, 0) is 14.3 Å². The summed E-state index contributed by atoms with van der Waals surface area (Å²) in [5.41, 5.74) is 0.404. The molecule has 4 fully saturated rings. The minimum Gasteiger partial charge on any atom is -0.359 e. The van der Waals surface area contributed by atoms with Crippen molar-refractivity contribution in [3.63, 3.8) is 0 Å². The maximum atomic E-state index is 13.1. The summed E-state index contributed by atoms with van der Waals surface area (Å²) in [5, 5.41) is 9.68. The van der Waals surface area contributed by atoms with Crippen LogP contribution in [0.3, 0.4) is 0 Å². The summed E-state index contributed by atoms with van der Waals surface area (Å²) in [6, 6.07) is 2.49. The molecule has 4 aliphatic carbocycles. The van der Waals surface area contributed by atoms with Crippen LogP contribution in [0.15, 0.2) is 0 Å². The van der Waals surface area contributed by atoms with Gasteiger partial charge in [-0.05, 0) is 60.7 Å². The minimum absolute atomic E-state index is 0.00433. The second-order valence-corrected chi connectivity index (χ2v) is 9.67. The van der Waals surface area contributed by atoms with Gasteiger partial charge in [-0.2, -0.15) is 5.26 Å². The zero-order valence-electron chi connectivity index (χ0n) is 15.8. The second kappa shape index (κ2) is 5.79. The molecule has 4 heteroatoms. The van der Waals surface area contributed by atoms with Crippen LogP contribution >= 0.6 is 0 Å². The molecule has 4 nitrogen and oxygen atoms in total. The van der Waals surface area contributed by atoms with E-state index < -0.39 is 0 Å². The van der Waals surface area contributed by atoms with Crippen molar-refractivity contribution in [2.75, 3.05) is 13.9 Å². The number of carbonyl (C=O) groups excluding carboxylic acids is 1. The molecule has 0 unspecified atom stereocenters. The Balaban J connectivity index is 1.72. The molecule has 0 saturated heterocycles. The molecule has 0 heterocycles. The summed E-state index contributed by atoms with van der Waals surface area (Å²) in [7, 11) is 1.67. The fourth-order valence-corrected chi connectivity index (χ4v) is 7.55. The van der Waals surface area contributed by atoms with E-state index in [1.807, 2.05) is 0 Å². The predicted molar refractivity (Wildman–Crippen MR) is 93.4 cm³/mol. The zero-order chi connectivity index (χ0) is 17.9. The Morgan fingerprint density at radius 1 is 1.28 bits per heavy atom. The van der Waals surface area contributed by atoms with Crippen molar-refractivity contribution in [2.24, 2.45) is 34.0 Å². The van der Waals surface area contributed by atoms with Gasteiger partial charge in [0.05, 0.1) is 18.1 Å². The number of hydrogen-bond donors (Lipinski definition) is 0. The second-order valence-electron chi connectivity index (χ2n) is 9.67. The number of ether oxygens (including phenoxy) is 2. The average molecular weight is 345 g/mol. The number of rotatable bonds is 3. The van der Waals surface area contributed by atoms with E-state index in [2.05, 4.69) is 19.9 Å². The van der Waals surface area contributed by atoms with E-state index in [-0.39, 0.29) is 34.2 Å². The molecule has 7 atom stereocenters. The highest BCUT2D eigenvalue weighted by Gasteiger charge is 2.70. The summed E-state index contributed by atoms with van der Waals surface area (Å²) < 4.78 is 11.2. The third-order valence-electron chi connectivity index (χ3n) is 8.70. The SMILES string of the molecule is COCO[C@H]1C[C@@H]2CC(=O)[C@H]3[C@@H](C#N)CCC[C@]3(C)[C@]23CC[C@@]1(C)C3. The van der Waals surface area contributed by atoms with Crippen LogP contribution < -0.4 is 0 Å². The Morgan fingerprint density at radius 3 is 2.80 bits per heavy atom. The average Bonchev–Trinajstić information content (AvgIpc) is 2.91. The number of methoxy groups -OCH3 is 1. The lowest BCUT2D eigenvalue weighted by atomic mass is 9.40. The molecule has 25 heavy (non-hydrogen) atoms. The van der Waals surface area contributed by atoms with E-state index >= 15 is 0 Å². The van der Waals surface area contributed by atoms with Crippen molar-refractivity contribution in [1.29, 1.82) is 5.26 Å². The van der Waals surface area contributed by atoms with Gasteiger partial charge in [0.25, 0.3) is 0 Å². The molecule has 4 rings (SSSR count). The highest BCUT2D eigenvalue weighted by atomic mass is 16.7. The maximum Gasteiger partial charge on any atom is 0.146 e. The largest absolute Gasteiger partial charge is 0.359 e. The minimum atomic E-state index is -0.0732. The first-order valence-electron chi connectivity index (χ1n) is 9.93. The van der Waals surface area contributed by atoms with Gasteiger partial charge < -0.3 is 9.47 Å². The van der Waals surface area contributed by atoms with Crippen molar-refractivity contribution in [1.82, 2.24) is 0 Å². The number of hydrogen-bond acceptors (Lipinski definition) is 4. The number of nitrogens with zero attached hydrogens (tertiary/aromatic N) is 1. The molecule has 0 N–H and O–H groups in total. The molecule has 1 spiro atoms. The number of ketones is 1. The van der Waals surface area contributed by atoms with Gasteiger partial charge in [0.15, 0.2) is 0 Å². The van der Waals surface area contributed by atoms with Gasteiger partial charge in [-0.3, -0.25) is 4.79 Å². The van der Waals surface area contributed by atoms with Crippen molar-refractivity contribution < 1.29 is 14.3 Å². The maximum absolute atomic E-state index is 13.1. The number of nitriles is 1. The predicted octanol–water partition coefficient (Wildman–Crippen LogP) is 4.09. The van der Waals surface area contributed by atoms with Gasteiger partial charge in [0.2, 0.25) is 0 Å². The molecule has 0 amide bonds. The van der Waals surface area contributed by atoms with Gasteiger partial charge in [-0.25, -0.2) is 0 Å². The monoisotopic (exact) mass is 345 g/mol. The summed E-state index contributed by atoms with van der Waals surface area (Å²) in [6.07, 6.45) is 8.44. The topological polar surface area (TPSA) is 59.3 Å². The van der Waals surface area contributed by atoms with Gasteiger partial charge in [-0.1, -0.05) is 20.3 Å². The van der Waals surface area contributed by atoms with Crippen LogP contribution in [0.1, 0.15) is 65.2 Å². The van der Waals surface area contributed by atoms with E-state index in [0.717, 1.165) is 32.1 Å². The number of Topliss-reactive ketones (excluding diaryl/α,β-unsaturated/α-hetero) is 1. The van der Waals surface area contributed by atoms with Gasteiger partial charge in [0.1, 0.15) is 12.6 Å². The molecule has 0 aromatic carbocycles. The van der Waals surface area contributed by atoms with Crippen molar-refractivity contribution in [3.8, 4) is 6.07 Å². The van der Waals surface area contributed by atoms with Crippen molar-refractivity contribution >= 4 is 5.78 Å². The lowest BCUT2D eigenvalue weighted by molar-refractivity contribution is -0.195. The zero-order valence-corrected chi connectivity index (χ0v) is 15.8. The van der Waals surface area contributed by atoms with Crippen molar-refractivity contribution in [3.05, 3.63) is 0 Å². The van der Waals surface area contributed by atoms with E-state index in [9.17, 15) is 10.1 Å². The Kier molecular flexibility index (Phi) is 4.05. The highest BCUT2D eigenvalue weighted by molar-refractivity contribution is 5.84. The van der Waals surface area contributed by atoms with Gasteiger partial charge in [-0.15, -0.1) is 0 Å². The highest BCUT2D eigenvalue weighted by Crippen LogP contribution is 2.74. The van der Waals surface area contributed by atoms with Crippen LogP contribution in [-0.4, -0.2) is 25.8 Å². The summed E-state index contributed by atoms with van der Waals surface area (Å²) in [4.78, 5) is 13.1. The van der Waals surface area contributed by atoms with Crippen molar-refractivity contribution in [2.45, 2.75) is 71.3 Å². The Hall–Kier alpha value is -0.920. The van der Waals surface area contributed by atoms with E-state index in [1.54, 1.807) is 7.11 Å². The Bertz CT molecular complexity index is 613. The fourth-order valence-electron chi connectivity index (χ4n) is 7.55. The molecule has 0 aromatic heterocycles. The van der Waals surface area contributed by atoms with E-state index in [4.69, 9.17) is 9.47 Å². The molecule has 0 radical (unpaired) electrons. The summed E-state index contributed by atoms with van der Waals surface area (Å²) >= 11 is 0.